The molecule has 2 unspecified atom stereocenters. The van der Waals surface area contributed by atoms with Crippen LogP contribution < -0.4 is 0 Å². The van der Waals surface area contributed by atoms with Crippen LogP contribution in [0.2, 0.25) is 0 Å². The van der Waals surface area contributed by atoms with Gasteiger partial charge in [0, 0.05) is 17.8 Å². The van der Waals surface area contributed by atoms with Crippen molar-refractivity contribution in [2.45, 2.75) is 46.6 Å². The van der Waals surface area contributed by atoms with Gasteiger partial charge in [0.2, 0.25) is 0 Å². The van der Waals surface area contributed by atoms with Gasteiger partial charge in [-0.3, -0.25) is 4.79 Å². The fourth-order valence-corrected chi connectivity index (χ4v) is 2.07. The van der Waals surface area contributed by atoms with Crippen LogP contribution >= 0.6 is 0 Å². The minimum absolute atomic E-state index is 0.0825. The molecule has 18 heavy (non-hydrogen) atoms. The average Bonchev–Trinajstić information content (AvgIpc) is 2.73. The monoisotopic (exact) mass is 251 g/mol. The Morgan fingerprint density at radius 3 is 2.44 bits per heavy atom. The second-order valence-corrected chi connectivity index (χ2v) is 4.98. The van der Waals surface area contributed by atoms with Crippen molar-refractivity contribution in [2.75, 3.05) is 0 Å². The first kappa shape index (κ1) is 14.5. The van der Waals surface area contributed by atoms with Crippen LogP contribution in [0, 0.1) is 5.92 Å². The fraction of sp³-hybridized carbons (Fsp3) is 0.571. The third-order valence-electron chi connectivity index (χ3n) is 3.39. The van der Waals surface area contributed by atoms with Gasteiger partial charge in [0.15, 0.2) is 5.78 Å². The fourth-order valence-electron chi connectivity index (χ4n) is 2.07. The Morgan fingerprint density at radius 2 is 2.00 bits per heavy atom. The van der Waals surface area contributed by atoms with Crippen molar-refractivity contribution in [3.05, 3.63) is 23.5 Å². The topological polar surface area (TPSA) is 59.3 Å². The number of carboxylic acids is 1. The quantitative estimate of drug-likeness (QED) is 0.788. The van der Waals surface area contributed by atoms with Gasteiger partial charge in [0.25, 0.3) is 0 Å². The van der Waals surface area contributed by atoms with Crippen molar-refractivity contribution >= 4 is 11.8 Å². The number of hydrogen-bond donors (Lipinski definition) is 1. The summed E-state index contributed by atoms with van der Waals surface area (Å²) in [6.45, 7) is 7.70. The van der Waals surface area contributed by atoms with Crippen molar-refractivity contribution in [3.63, 3.8) is 0 Å². The molecule has 0 aliphatic carbocycles. The van der Waals surface area contributed by atoms with E-state index in [1.807, 2.05) is 6.92 Å². The molecular formula is C14H21NO3. The van der Waals surface area contributed by atoms with Crippen molar-refractivity contribution in [1.29, 1.82) is 0 Å². The Balaban J connectivity index is 3.05. The molecule has 0 aromatic carbocycles. The number of aromatic nitrogens is 1. The summed E-state index contributed by atoms with van der Waals surface area (Å²) in [5.41, 5.74) is 0.652. The van der Waals surface area contributed by atoms with E-state index in [-0.39, 0.29) is 17.5 Å². The number of aromatic carboxylic acids is 1. The van der Waals surface area contributed by atoms with Crippen molar-refractivity contribution in [2.24, 2.45) is 5.92 Å². The molecule has 1 rings (SSSR count). The maximum absolute atomic E-state index is 11.3. The van der Waals surface area contributed by atoms with Gasteiger partial charge in [-0.2, -0.15) is 0 Å². The van der Waals surface area contributed by atoms with E-state index in [4.69, 9.17) is 5.11 Å². The molecular weight excluding hydrogens is 230 g/mol. The summed E-state index contributed by atoms with van der Waals surface area (Å²) in [5, 5.41) is 9.17. The summed E-state index contributed by atoms with van der Waals surface area (Å²) in [5.74, 6) is -0.560. The van der Waals surface area contributed by atoms with Gasteiger partial charge in [-0.1, -0.05) is 20.3 Å². The molecule has 4 heteroatoms. The van der Waals surface area contributed by atoms with E-state index in [2.05, 4.69) is 13.8 Å². The smallest absolute Gasteiger partial charge is 0.352 e. The Hall–Kier alpha value is -1.58. The normalized spacial score (nSPS) is 14.2. The summed E-state index contributed by atoms with van der Waals surface area (Å²) in [7, 11) is 0. The van der Waals surface area contributed by atoms with E-state index in [0.29, 0.717) is 11.5 Å². The molecule has 0 bridgehead atoms. The molecule has 0 spiro atoms. The Morgan fingerprint density at radius 1 is 1.39 bits per heavy atom. The van der Waals surface area contributed by atoms with Crippen molar-refractivity contribution in [3.8, 4) is 0 Å². The zero-order valence-corrected chi connectivity index (χ0v) is 11.4. The highest BCUT2D eigenvalue weighted by Gasteiger charge is 2.19. The first-order valence-electron chi connectivity index (χ1n) is 6.32. The van der Waals surface area contributed by atoms with Gasteiger partial charge in [0.1, 0.15) is 5.69 Å². The maximum atomic E-state index is 11.3. The van der Waals surface area contributed by atoms with Gasteiger partial charge in [-0.25, -0.2) is 4.79 Å². The van der Waals surface area contributed by atoms with Gasteiger partial charge < -0.3 is 9.67 Å². The highest BCUT2D eigenvalue weighted by Crippen LogP contribution is 2.23. The molecule has 1 heterocycles. The van der Waals surface area contributed by atoms with Crippen LogP contribution in [-0.4, -0.2) is 21.4 Å². The number of carbonyl (C=O) groups is 2. The molecule has 0 aliphatic rings. The van der Waals surface area contributed by atoms with Crippen LogP contribution in [0.15, 0.2) is 12.3 Å². The largest absolute Gasteiger partial charge is 0.477 e. The number of ketones is 1. The average molecular weight is 251 g/mol. The van der Waals surface area contributed by atoms with Gasteiger partial charge in [0.05, 0.1) is 0 Å². The summed E-state index contributed by atoms with van der Waals surface area (Å²) in [4.78, 5) is 22.5. The molecule has 0 saturated carbocycles. The van der Waals surface area contributed by atoms with Gasteiger partial charge >= 0.3 is 5.97 Å². The lowest BCUT2D eigenvalue weighted by molar-refractivity contribution is 0.0682. The summed E-state index contributed by atoms with van der Waals surface area (Å²) < 4.78 is 1.70. The zero-order valence-electron chi connectivity index (χ0n) is 11.4. The third kappa shape index (κ3) is 3.22. The molecule has 1 aromatic heterocycles. The number of Topliss-reactive ketones (excluding diaryl/α,β-unsaturated/α-hetero) is 1. The van der Waals surface area contributed by atoms with Crippen molar-refractivity contribution < 1.29 is 14.7 Å². The minimum atomic E-state index is -0.987. The highest BCUT2D eigenvalue weighted by atomic mass is 16.4. The highest BCUT2D eigenvalue weighted by molar-refractivity contribution is 5.97. The van der Waals surface area contributed by atoms with E-state index >= 15 is 0 Å². The van der Waals surface area contributed by atoms with Crippen molar-refractivity contribution in [1.82, 2.24) is 4.57 Å². The summed E-state index contributed by atoms with van der Waals surface area (Å²) >= 11 is 0. The molecule has 0 radical (unpaired) electrons. The number of rotatable bonds is 6. The molecule has 0 aliphatic heterocycles. The Bertz CT molecular complexity index is 448. The van der Waals surface area contributed by atoms with Crippen LogP contribution in [0.3, 0.4) is 0 Å². The van der Waals surface area contributed by atoms with E-state index in [0.717, 1.165) is 12.8 Å². The van der Waals surface area contributed by atoms with E-state index in [1.54, 1.807) is 10.8 Å². The summed E-state index contributed by atoms with van der Waals surface area (Å²) in [6.07, 6.45) is 3.62. The summed E-state index contributed by atoms with van der Waals surface area (Å²) in [6, 6.07) is 1.54. The standard InChI is InChI=1S/C14H21NO3/c1-5-9(2)6-10(3)15-8-12(11(4)16)7-13(15)14(17)18/h7-10H,5-6H2,1-4H3,(H,17,18). The first-order chi connectivity index (χ1) is 8.36. The van der Waals surface area contributed by atoms with Crippen LogP contribution in [0.4, 0.5) is 0 Å². The lowest BCUT2D eigenvalue weighted by Gasteiger charge is -2.19. The Kier molecular flexibility index (Phi) is 4.70. The predicted octanol–water partition coefficient (Wildman–Crippen LogP) is 3.39. The molecule has 4 nitrogen and oxygen atoms in total. The second kappa shape index (κ2) is 5.85. The van der Waals surface area contributed by atoms with Crippen LogP contribution in [0.5, 0.6) is 0 Å². The molecule has 1 N–H and O–H groups in total. The number of carboxylic acid groups (broad SMARTS) is 1. The number of nitrogens with zero attached hydrogens (tertiary/aromatic N) is 1. The van der Waals surface area contributed by atoms with E-state index in [9.17, 15) is 9.59 Å². The molecule has 1 aromatic rings. The number of hydrogen-bond acceptors (Lipinski definition) is 2. The lowest BCUT2D eigenvalue weighted by atomic mass is 10.0. The zero-order chi connectivity index (χ0) is 13.9. The first-order valence-corrected chi connectivity index (χ1v) is 6.32. The van der Waals surface area contributed by atoms with Gasteiger partial charge in [-0.05, 0) is 32.3 Å². The predicted molar refractivity (Wildman–Crippen MR) is 70.2 cm³/mol. The number of carbonyl (C=O) groups excluding carboxylic acids is 1. The molecule has 0 fully saturated rings. The molecule has 0 amide bonds. The molecule has 0 saturated heterocycles. The van der Waals surface area contributed by atoms with Crippen LogP contribution in [0.25, 0.3) is 0 Å². The second-order valence-electron chi connectivity index (χ2n) is 4.98. The molecule has 2 atom stereocenters. The van der Waals surface area contributed by atoms with Crippen LogP contribution in [0.1, 0.15) is 67.4 Å². The minimum Gasteiger partial charge on any atom is -0.477 e. The SMILES string of the molecule is CCC(C)CC(C)n1cc(C(C)=O)cc1C(=O)O. The van der Waals surface area contributed by atoms with Crippen LogP contribution in [-0.2, 0) is 0 Å². The lowest BCUT2D eigenvalue weighted by Crippen LogP contribution is -2.14. The molecule has 100 valence electrons. The Labute approximate surface area is 108 Å². The maximum Gasteiger partial charge on any atom is 0.352 e. The van der Waals surface area contributed by atoms with Gasteiger partial charge in [-0.15, -0.1) is 0 Å². The third-order valence-corrected chi connectivity index (χ3v) is 3.39. The van der Waals surface area contributed by atoms with E-state index in [1.165, 1.54) is 13.0 Å². The van der Waals surface area contributed by atoms with E-state index < -0.39 is 5.97 Å².